The molecule has 0 saturated carbocycles. The Balaban J connectivity index is 1.65. The van der Waals surface area contributed by atoms with Crippen LogP contribution in [-0.2, 0) is 0 Å². The van der Waals surface area contributed by atoms with E-state index in [1.165, 1.54) is 12.1 Å². The van der Waals surface area contributed by atoms with Crippen LogP contribution < -0.4 is 17.2 Å². The lowest BCUT2D eigenvalue weighted by atomic mass is 9.85. The van der Waals surface area contributed by atoms with Crippen molar-refractivity contribution in [2.45, 2.75) is 0 Å². The Hall–Kier alpha value is -4.87. The van der Waals surface area contributed by atoms with Gasteiger partial charge >= 0.3 is 0 Å². The molecule has 6 rings (SSSR count). The van der Waals surface area contributed by atoms with Crippen molar-refractivity contribution in [2.75, 3.05) is 17.2 Å². The van der Waals surface area contributed by atoms with Crippen LogP contribution in [-0.4, -0.2) is 0 Å². The quantitative estimate of drug-likeness (QED) is 0.196. The molecule has 0 fully saturated rings. The highest BCUT2D eigenvalue weighted by Gasteiger charge is 2.22. The molecule has 0 atom stereocenters. The molecule has 0 aliphatic heterocycles. The maximum Gasteiger partial charge on any atom is 0.123 e. The Morgan fingerprint density at radius 3 is 1.64 bits per heavy atom. The minimum absolute atomic E-state index is 0.279. The van der Waals surface area contributed by atoms with Crippen molar-refractivity contribution in [3.05, 3.63) is 126 Å². The number of rotatable bonds is 5. The first kappa shape index (κ1) is 24.5. The van der Waals surface area contributed by atoms with Gasteiger partial charge in [-0.05, 0) is 76.2 Å². The van der Waals surface area contributed by atoms with Gasteiger partial charge in [0, 0.05) is 49.8 Å². The number of nitrogen functional groups attached to an aromatic ring is 3. The SMILES string of the molecule is Nc1ccc(-c2ccc(F)cc2)cc1-c1c(N)ccc(-c2cccs2)c1-c1cc(-c2ccccc2)ccc1N. The lowest BCUT2D eigenvalue weighted by Gasteiger charge is -2.21. The van der Waals surface area contributed by atoms with Gasteiger partial charge in [-0.3, -0.25) is 0 Å². The summed E-state index contributed by atoms with van der Waals surface area (Å²) in [6, 6.07) is 36.7. The zero-order valence-corrected chi connectivity index (χ0v) is 21.9. The molecule has 0 amide bonds. The molecule has 0 aliphatic rings. The molecule has 3 nitrogen and oxygen atoms in total. The maximum atomic E-state index is 13.6. The fourth-order valence-corrected chi connectivity index (χ4v) is 5.76. The molecule has 0 radical (unpaired) electrons. The first-order valence-electron chi connectivity index (χ1n) is 12.6. The topological polar surface area (TPSA) is 78.1 Å². The van der Waals surface area contributed by atoms with Gasteiger partial charge in [0.25, 0.3) is 0 Å². The number of hydrogen-bond donors (Lipinski definition) is 3. The second kappa shape index (κ2) is 10.1. The van der Waals surface area contributed by atoms with E-state index in [0.29, 0.717) is 17.1 Å². The molecule has 5 heteroatoms. The number of thiophene rings is 1. The monoisotopic (exact) mass is 527 g/mol. The highest BCUT2D eigenvalue weighted by Crippen LogP contribution is 2.48. The van der Waals surface area contributed by atoms with Crippen LogP contribution in [0.5, 0.6) is 0 Å². The normalized spacial score (nSPS) is 11.0. The molecule has 1 aromatic heterocycles. The van der Waals surface area contributed by atoms with Crippen LogP contribution in [0, 0.1) is 5.82 Å². The van der Waals surface area contributed by atoms with Crippen molar-refractivity contribution in [3.63, 3.8) is 0 Å². The first-order valence-corrected chi connectivity index (χ1v) is 13.4. The smallest absolute Gasteiger partial charge is 0.123 e. The van der Waals surface area contributed by atoms with Gasteiger partial charge in [-0.25, -0.2) is 4.39 Å². The summed E-state index contributed by atoms with van der Waals surface area (Å²) in [5, 5.41) is 2.06. The zero-order chi connectivity index (χ0) is 26.9. The highest BCUT2D eigenvalue weighted by atomic mass is 32.1. The van der Waals surface area contributed by atoms with Crippen LogP contribution in [0.1, 0.15) is 0 Å². The zero-order valence-electron chi connectivity index (χ0n) is 21.1. The van der Waals surface area contributed by atoms with Crippen LogP contribution >= 0.6 is 11.3 Å². The second-order valence-corrected chi connectivity index (χ2v) is 10.4. The van der Waals surface area contributed by atoms with Crippen LogP contribution in [0.15, 0.2) is 121 Å². The standard InChI is InChI=1S/C34H26FN3S/c35-25-12-8-22(9-13-25)24-11-16-30(37)28(20-24)34-31(38)17-14-26(32-7-4-18-39-32)33(34)27-19-23(10-15-29(27)36)21-5-2-1-3-6-21/h1-20H,36-38H2. The average molecular weight is 528 g/mol. The van der Waals surface area contributed by atoms with Crippen LogP contribution in [0.4, 0.5) is 21.5 Å². The summed E-state index contributed by atoms with van der Waals surface area (Å²) in [6.45, 7) is 0. The van der Waals surface area contributed by atoms with E-state index in [9.17, 15) is 4.39 Å². The Labute approximate surface area is 231 Å². The van der Waals surface area contributed by atoms with Crippen LogP contribution in [0.3, 0.4) is 0 Å². The predicted molar refractivity (Wildman–Crippen MR) is 165 cm³/mol. The molecule has 6 N–H and O–H groups in total. The summed E-state index contributed by atoms with van der Waals surface area (Å²) in [7, 11) is 0. The Bertz CT molecular complexity index is 1780. The van der Waals surface area contributed by atoms with E-state index in [-0.39, 0.29) is 5.82 Å². The number of anilines is 3. The van der Waals surface area contributed by atoms with Gasteiger partial charge in [-0.15, -0.1) is 11.3 Å². The molecule has 5 aromatic carbocycles. The molecule has 6 aromatic rings. The molecule has 0 saturated heterocycles. The van der Waals surface area contributed by atoms with E-state index in [2.05, 4.69) is 35.7 Å². The molecule has 0 bridgehead atoms. The van der Waals surface area contributed by atoms with Gasteiger partial charge in [-0.1, -0.05) is 66.7 Å². The maximum absolute atomic E-state index is 13.6. The van der Waals surface area contributed by atoms with E-state index in [0.717, 1.165) is 54.9 Å². The van der Waals surface area contributed by atoms with Gasteiger partial charge < -0.3 is 17.2 Å². The largest absolute Gasteiger partial charge is 0.398 e. The fraction of sp³-hybridized carbons (Fsp3) is 0. The average Bonchev–Trinajstić information content (AvgIpc) is 3.50. The van der Waals surface area contributed by atoms with Gasteiger partial charge in [0.2, 0.25) is 0 Å². The van der Waals surface area contributed by atoms with E-state index >= 15 is 0 Å². The lowest BCUT2D eigenvalue weighted by molar-refractivity contribution is 0.628. The summed E-state index contributed by atoms with van der Waals surface area (Å²) in [6.07, 6.45) is 0. The molecule has 0 spiro atoms. The Kier molecular flexibility index (Phi) is 6.35. The summed E-state index contributed by atoms with van der Waals surface area (Å²) in [4.78, 5) is 1.10. The molecule has 39 heavy (non-hydrogen) atoms. The third-order valence-electron chi connectivity index (χ3n) is 6.95. The lowest BCUT2D eigenvalue weighted by Crippen LogP contribution is -2.01. The van der Waals surface area contributed by atoms with E-state index in [1.807, 2.05) is 60.7 Å². The van der Waals surface area contributed by atoms with Crippen molar-refractivity contribution < 1.29 is 4.39 Å². The second-order valence-electron chi connectivity index (χ2n) is 9.41. The third kappa shape index (κ3) is 4.65. The summed E-state index contributed by atoms with van der Waals surface area (Å²) in [5.41, 5.74) is 30.3. The van der Waals surface area contributed by atoms with Gasteiger partial charge in [0.15, 0.2) is 0 Å². The van der Waals surface area contributed by atoms with E-state index in [4.69, 9.17) is 17.2 Å². The number of halogens is 1. The van der Waals surface area contributed by atoms with Crippen LogP contribution in [0.25, 0.3) is 54.9 Å². The Morgan fingerprint density at radius 1 is 0.462 bits per heavy atom. The molecule has 0 aliphatic carbocycles. The van der Waals surface area contributed by atoms with Crippen molar-refractivity contribution in [1.29, 1.82) is 0 Å². The number of hydrogen-bond acceptors (Lipinski definition) is 4. The van der Waals surface area contributed by atoms with Crippen molar-refractivity contribution in [1.82, 2.24) is 0 Å². The minimum atomic E-state index is -0.279. The molecular weight excluding hydrogens is 501 g/mol. The van der Waals surface area contributed by atoms with Crippen molar-refractivity contribution in [2.24, 2.45) is 0 Å². The van der Waals surface area contributed by atoms with Crippen LogP contribution in [0.2, 0.25) is 0 Å². The third-order valence-corrected chi connectivity index (χ3v) is 7.86. The molecular formula is C34H26FN3S. The fourth-order valence-electron chi connectivity index (χ4n) is 5.00. The van der Waals surface area contributed by atoms with E-state index in [1.54, 1.807) is 23.5 Å². The molecule has 1 heterocycles. The molecule has 190 valence electrons. The minimum Gasteiger partial charge on any atom is -0.398 e. The highest BCUT2D eigenvalue weighted by molar-refractivity contribution is 7.13. The summed E-state index contributed by atoms with van der Waals surface area (Å²) >= 11 is 1.66. The van der Waals surface area contributed by atoms with E-state index < -0.39 is 0 Å². The Morgan fingerprint density at radius 2 is 1.03 bits per heavy atom. The predicted octanol–water partition coefficient (Wildman–Crippen LogP) is 8.97. The van der Waals surface area contributed by atoms with Gasteiger partial charge in [0.05, 0.1) is 0 Å². The number of benzene rings is 5. The number of nitrogens with two attached hydrogens (primary N) is 3. The van der Waals surface area contributed by atoms with Gasteiger partial charge in [0.1, 0.15) is 5.82 Å². The van der Waals surface area contributed by atoms with Crippen molar-refractivity contribution in [3.8, 4) is 54.9 Å². The summed E-state index contributed by atoms with van der Waals surface area (Å²) < 4.78 is 13.6. The molecule has 0 unspecified atom stereocenters. The summed E-state index contributed by atoms with van der Waals surface area (Å²) in [5.74, 6) is -0.279. The first-order chi connectivity index (χ1) is 19.0. The van der Waals surface area contributed by atoms with Crippen molar-refractivity contribution >= 4 is 28.4 Å². The van der Waals surface area contributed by atoms with Gasteiger partial charge in [-0.2, -0.15) is 0 Å².